The molecule has 0 fully saturated rings. The summed E-state index contributed by atoms with van der Waals surface area (Å²) in [6.07, 6.45) is 87.9. The van der Waals surface area contributed by atoms with E-state index in [0.29, 0.717) is 19.4 Å². The number of carbonyl (C=O) groups is 2. The molecule has 6 heteroatoms. The van der Waals surface area contributed by atoms with E-state index in [1.165, 1.54) is 321 Å². The van der Waals surface area contributed by atoms with Gasteiger partial charge >= 0.3 is 5.97 Å². The fourth-order valence-corrected chi connectivity index (χ4v) is 11.2. The summed E-state index contributed by atoms with van der Waals surface area (Å²) >= 11 is 0. The minimum atomic E-state index is -0.848. The maximum Gasteiger partial charge on any atom is 0.305 e. The molecule has 0 saturated carbocycles. The van der Waals surface area contributed by atoms with Crippen molar-refractivity contribution >= 4 is 11.9 Å². The van der Waals surface area contributed by atoms with Crippen molar-refractivity contribution in [2.24, 2.45) is 0 Å². The number of unbranched alkanes of at least 4 members (excludes halogenated alkanes) is 52. The van der Waals surface area contributed by atoms with E-state index >= 15 is 0 Å². The van der Waals surface area contributed by atoms with Crippen LogP contribution in [0.3, 0.4) is 0 Å². The summed E-state index contributed by atoms with van der Waals surface area (Å²) in [5.74, 6) is -0.0623. The Morgan fingerprint density at radius 2 is 0.595 bits per heavy atom. The highest BCUT2D eigenvalue weighted by Crippen LogP contribution is 2.18. The normalized spacial score (nSPS) is 12.7. The second-order valence-electron chi connectivity index (χ2n) is 24.6. The Hall–Kier alpha value is -1.92. The lowest BCUT2D eigenvalue weighted by molar-refractivity contribution is -0.143. The number of allylic oxidation sites excluding steroid dienone is 5. The molecule has 466 valence electrons. The Kier molecular flexibility index (Phi) is 66.9. The third kappa shape index (κ3) is 65.1. The zero-order chi connectivity index (χ0) is 57.1. The summed E-state index contributed by atoms with van der Waals surface area (Å²) in [6.45, 7) is 4.92. The van der Waals surface area contributed by atoms with Crippen LogP contribution in [0.1, 0.15) is 393 Å². The summed E-state index contributed by atoms with van der Waals surface area (Å²) in [5, 5.41) is 23.3. The van der Waals surface area contributed by atoms with Gasteiger partial charge < -0.3 is 20.3 Å². The first kappa shape index (κ1) is 77.1. The Morgan fingerprint density at radius 1 is 0.342 bits per heavy atom. The Morgan fingerprint density at radius 3 is 0.899 bits per heavy atom. The molecule has 0 aromatic carbocycles. The summed E-state index contributed by atoms with van der Waals surface area (Å²) in [4.78, 5) is 24.6. The summed E-state index contributed by atoms with van der Waals surface area (Å²) in [6, 6.07) is -0.632. The molecule has 0 saturated heterocycles. The Bertz CT molecular complexity index is 1280. The standard InChI is InChI=1S/C73H139NO5/c1-3-5-7-9-11-13-15-17-19-20-21-22-26-29-32-35-38-41-45-49-53-57-61-65-71(76)70(69-75)74-72(77)66-62-58-54-50-46-42-39-36-33-30-27-24-23-25-28-31-34-37-40-44-48-52-56-60-64-68-79-73(78)67-63-59-55-51-47-43-18-16-14-12-10-8-6-4-2/h16,18,24,27,61,65,70-71,75-76H,3-15,17,19-23,25-26,28-60,62-64,66-69H2,1-2H3,(H,74,77)/b18-16-,27-24-,65-61+. The van der Waals surface area contributed by atoms with Gasteiger partial charge in [-0.25, -0.2) is 0 Å². The minimum Gasteiger partial charge on any atom is -0.466 e. The van der Waals surface area contributed by atoms with Crippen molar-refractivity contribution in [3.05, 3.63) is 36.5 Å². The van der Waals surface area contributed by atoms with Gasteiger partial charge in [0.25, 0.3) is 0 Å². The average molecular weight is 1110 g/mol. The van der Waals surface area contributed by atoms with E-state index in [2.05, 4.69) is 43.5 Å². The molecule has 0 aliphatic rings. The first-order chi connectivity index (χ1) is 39.0. The van der Waals surface area contributed by atoms with Crippen molar-refractivity contribution in [2.45, 2.75) is 405 Å². The van der Waals surface area contributed by atoms with Gasteiger partial charge in [0.1, 0.15) is 0 Å². The van der Waals surface area contributed by atoms with E-state index in [9.17, 15) is 19.8 Å². The quantitative estimate of drug-likeness (QED) is 0.0320. The molecular weight excluding hydrogens is 971 g/mol. The first-order valence-corrected chi connectivity index (χ1v) is 35.8. The molecule has 0 bridgehead atoms. The van der Waals surface area contributed by atoms with Gasteiger partial charge in [0.05, 0.1) is 25.4 Å². The number of rotatable bonds is 67. The highest BCUT2D eigenvalue weighted by Gasteiger charge is 2.18. The van der Waals surface area contributed by atoms with Crippen LogP contribution < -0.4 is 5.32 Å². The van der Waals surface area contributed by atoms with Gasteiger partial charge in [0, 0.05) is 12.8 Å². The van der Waals surface area contributed by atoms with Crippen LogP contribution in [0, 0.1) is 0 Å². The highest BCUT2D eigenvalue weighted by atomic mass is 16.5. The van der Waals surface area contributed by atoms with Crippen molar-refractivity contribution in [1.29, 1.82) is 0 Å². The number of esters is 1. The smallest absolute Gasteiger partial charge is 0.305 e. The molecule has 0 aliphatic carbocycles. The van der Waals surface area contributed by atoms with Crippen LogP contribution in [0.25, 0.3) is 0 Å². The van der Waals surface area contributed by atoms with E-state index in [1.807, 2.05) is 6.08 Å². The molecule has 6 nitrogen and oxygen atoms in total. The molecule has 0 aromatic rings. The van der Waals surface area contributed by atoms with Crippen molar-refractivity contribution < 1.29 is 24.5 Å². The number of nitrogens with one attached hydrogen (secondary N) is 1. The summed E-state index contributed by atoms with van der Waals surface area (Å²) in [7, 11) is 0. The topological polar surface area (TPSA) is 95.9 Å². The van der Waals surface area contributed by atoms with E-state index < -0.39 is 12.1 Å². The molecule has 0 spiro atoms. The van der Waals surface area contributed by atoms with E-state index in [-0.39, 0.29) is 18.5 Å². The fourth-order valence-electron chi connectivity index (χ4n) is 11.2. The molecule has 3 N–H and O–H groups in total. The Balaban J connectivity index is 3.43. The lowest BCUT2D eigenvalue weighted by atomic mass is 10.0. The van der Waals surface area contributed by atoms with Crippen molar-refractivity contribution in [3.8, 4) is 0 Å². The predicted molar refractivity (Wildman–Crippen MR) is 347 cm³/mol. The average Bonchev–Trinajstić information content (AvgIpc) is 3.45. The molecule has 1 amide bonds. The second-order valence-corrected chi connectivity index (χ2v) is 24.6. The number of amides is 1. The fraction of sp³-hybridized carbons (Fsp3) is 0.890. The minimum absolute atomic E-state index is 0.00497. The predicted octanol–water partition coefficient (Wildman–Crippen LogP) is 23.1. The van der Waals surface area contributed by atoms with Crippen LogP contribution in [0.5, 0.6) is 0 Å². The van der Waals surface area contributed by atoms with Gasteiger partial charge in [-0.1, -0.05) is 333 Å². The zero-order valence-electron chi connectivity index (χ0n) is 53.4. The van der Waals surface area contributed by atoms with Crippen molar-refractivity contribution in [2.75, 3.05) is 13.2 Å². The first-order valence-electron chi connectivity index (χ1n) is 35.8. The summed E-state index contributed by atoms with van der Waals surface area (Å²) < 4.78 is 5.48. The maximum absolute atomic E-state index is 12.5. The molecule has 0 aliphatic heterocycles. The zero-order valence-corrected chi connectivity index (χ0v) is 53.4. The SMILES string of the molecule is CCCCCCC/C=C\CCCCCCCC(=O)OCCCCCCCCCCCCCC/C=C\CCCCCCCCCCCC(=O)NC(CO)C(O)/C=C/CCCCCCCCCCCCCCCCCCCCCCC. The number of ether oxygens (including phenoxy) is 1. The second kappa shape index (κ2) is 68.6. The maximum atomic E-state index is 12.5. The van der Waals surface area contributed by atoms with Crippen molar-refractivity contribution in [3.63, 3.8) is 0 Å². The molecule has 0 rings (SSSR count). The van der Waals surface area contributed by atoms with Gasteiger partial charge in [0.2, 0.25) is 5.91 Å². The number of hydrogen-bond donors (Lipinski definition) is 3. The number of carbonyl (C=O) groups excluding carboxylic acids is 2. The van der Waals surface area contributed by atoms with Crippen LogP contribution >= 0.6 is 0 Å². The third-order valence-electron chi connectivity index (χ3n) is 16.6. The third-order valence-corrected chi connectivity index (χ3v) is 16.6. The largest absolute Gasteiger partial charge is 0.466 e. The van der Waals surface area contributed by atoms with Gasteiger partial charge in [-0.15, -0.1) is 0 Å². The lowest BCUT2D eigenvalue weighted by Crippen LogP contribution is -2.45. The van der Waals surface area contributed by atoms with Crippen molar-refractivity contribution in [1.82, 2.24) is 5.32 Å². The molecule has 0 aromatic heterocycles. The van der Waals surface area contributed by atoms with Gasteiger partial charge in [0.15, 0.2) is 0 Å². The number of aliphatic hydroxyl groups is 2. The molecule has 79 heavy (non-hydrogen) atoms. The Labute approximate surface area is 494 Å². The molecular formula is C73H139NO5. The number of hydrogen-bond acceptors (Lipinski definition) is 5. The van der Waals surface area contributed by atoms with E-state index in [1.54, 1.807) is 6.08 Å². The van der Waals surface area contributed by atoms with Crippen LogP contribution in [0.4, 0.5) is 0 Å². The van der Waals surface area contributed by atoms with E-state index in [4.69, 9.17) is 4.74 Å². The molecule has 0 heterocycles. The monoisotopic (exact) mass is 1110 g/mol. The van der Waals surface area contributed by atoms with Crippen LogP contribution in [-0.2, 0) is 14.3 Å². The molecule has 0 radical (unpaired) electrons. The van der Waals surface area contributed by atoms with Crippen LogP contribution in [0.2, 0.25) is 0 Å². The van der Waals surface area contributed by atoms with Gasteiger partial charge in [-0.05, 0) is 83.5 Å². The van der Waals surface area contributed by atoms with Crippen LogP contribution in [0.15, 0.2) is 36.5 Å². The lowest BCUT2D eigenvalue weighted by Gasteiger charge is -2.20. The van der Waals surface area contributed by atoms with Gasteiger partial charge in [-0.2, -0.15) is 0 Å². The van der Waals surface area contributed by atoms with Gasteiger partial charge in [-0.3, -0.25) is 9.59 Å². The molecule has 2 atom stereocenters. The number of aliphatic hydroxyl groups excluding tert-OH is 2. The highest BCUT2D eigenvalue weighted by molar-refractivity contribution is 5.76. The molecule has 2 unspecified atom stereocenters. The van der Waals surface area contributed by atoms with E-state index in [0.717, 1.165) is 44.9 Å². The van der Waals surface area contributed by atoms with Crippen LogP contribution in [-0.4, -0.2) is 47.4 Å². The summed E-state index contributed by atoms with van der Waals surface area (Å²) in [5.41, 5.74) is 0.